The normalized spacial score (nSPS) is 15.7. The van der Waals surface area contributed by atoms with Gasteiger partial charge >= 0.3 is 5.82 Å². The van der Waals surface area contributed by atoms with Crippen LogP contribution in [0.5, 0.6) is 0 Å². The smallest absolute Gasteiger partial charge is 0.358 e. The van der Waals surface area contributed by atoms with Gasteiger partial charge in [0, 0.05) is 19.1 Å². The average molecular weight is 196 g/mol. The summed E-state index contributed by atoms with van der Waals surface area (Å²) in [5, 5.41) is 13.6. The van der Waals surface area contributed by atoms with E-state index in [1.54, 1.807) is 4.57 Å². The van der Waals surface area contributed by atoms with Crippen molar-refractivity contribution in [2.45, 2.75) is 25.4 Å². The van der Waals surface area contributed by atoms with Gasteiger partial charge in [-0.3, -0.25) is 0 Å². The Morgan fingerprint density at radius 1 is 1.71 bits per heavy atom. The summed E-state index contributed by atoms with van der Waals surface area (Å²) in [5.41, 5.74) is 0. The molecule has 1 aromatic rings. The molecule has 0 saturated heterocycles. The minimum absolute atomic E-state index is 0.0866. The van der Waals surface area contributed by atoms with E-state index in [0.717, 1.165) is 13.1 Å². The molecule has 1 aliphatic carbocycles. The van der Waals surface area contributed by atoms with Crippen LogP contribution in [0.15, 0.2) is 12.5 Å². The minimum Gasteiger partial charge on any atom is -0.358 e. The van der Waals surface area contributed by atoms with Crippen molar-refractivity contribution in [3.8, 4) is 0 Å². The molecule has 0 aliphatic heterocycles. The Bertz CT molecular complexity index is 332. The summed E-state index contributed by atoms with van der Waals surface area (Å²) in [4.78, 5) is 13.5. The molecule has 14 heavy (non-hydrogen) atoms. The van der Waals surface area contributed by atoms with Crippen LogP contribution in [-0.2, 0) is 6.54 Å². The summed E-state index contributed by atoms with van der Waals surface area (Å²) in [5.74, 6) is -0.0866. The number of nitrogens with zero attached hydrogens (tertiary/aromatic N) is 3. The van der Waals surface area contributed by atoms with Crippen LogP contribution in [0, 0.1) is 10.1 Å². The SMILES string of the molecule is O=[N+]([O-])c1cn(CCNC2CC2)cn1. The van der Waals surface area contributed by atoms with Crippen molar-refractivity contribution in [1.29, 1.82) is 0 Å². The van der Waals surface area contributed by atoms with Gasteiger partial charge in [-0.15, -0.1) is 0 Å². The molecule has 1 aromatic heterocycles. The molecular formula is C8H12N4O2. The van der Waals surface area contributed by atoms with E-state index >= 15 is 0 Å². The Morgan fingerprint density at radius 3 is 3.07 bits per heavy atom. The average Bonchev–Trinajstić information content (AvgIpc) is 2.82. The van der Waals surface area contributed by atoms with Crippen LogP contribution in [0.3, 0.4) is 0 Å². The van der Waals surface area contributed by atoms with E-state index in [1.807, 2.05) is 0 Å². The highest BCUT2D eigenvalue weighted by Crippen LogP contribution is 2.18. The predicted octanol–water partition coefficient (Wildman–Crippen LogP) is 0.543. The van der Waals surface area contributed by atoms with Crippen molar-refractivity contribution in [2.75, 3.05) is 6.54 Å². The quantitative estimate of drug-likeness (QED) is 0.551. The number of hydrogen-bond acceptors (Lipinski definition) is 4. The lowest BCUT2D eigenvalue weighted by Crippen LogP contribution is -2.21. The van der Waals surface area contributed by atoms with Gasteiger partial charge in [0.15, 0.2) is 0 Å². The lowest BCUT2D eigenvalue weighted by atomic mass is 10.5. The van der Waals surface area contributed by atoms with E-state index in [1.165, 1.54) is 25.4 Å². The van der Waals surface area contributed by atoms with Crippen LogP contribution >= 0.6 is 0 Å². The second-order valence-corrected chi connectivity index (χ2v) is 3.46. The van der Waals surface area contributed by atoms with Gasteiger partial charge in [-0.05, 0) is 22.7 Å². The summed E-state index contributed by atoms with van der Waals surface area (Å²) in [6.45, 7) is 1.58. The maximum atomic E-state index is 10.3. The van der Waals surface area contributed by atoms with Crippen LogP contribution in [-0.4, -0.2) is 27.1 Å². The number of rotatable bonds is 5. The molecule has 1 fully saturated rings. The van der Waals surface area contributed by atoms with Crippen molar-refractivity contribution >= 4 is 5.82 Å². The topological polar surface area (TPSA) is 73.0 Å². The van der Waals surface area contributed by atoms with E-state index in [0.29, 0.717) is 6.04 Å². The molecule has 0 amide bonds. The zero-order chi connectivity index (χ0) is 9.97. The van der Waals surface area contributed by atoms with Crippen LogP contribution < -0.4 is 5.32 Å². The van der Waals surface area contributed by atoms with Gasteiger partial charge in [0.2, 0.25) is 6.33 Å². The highest BCUT2D eigenvalue weighted by molar-refractivity contribution is 5.12. The van der Waals surface area contributed by atoms with Crippen molar-refractivity contribution < 1.29 is 4.92 Å². The minimum atomic E-state index is -0.481. The van der Waals surface area contributed by atoms with Crippen molar-refractivity contribution in [3.63, 3.8) is 0 Å². The number of aromatic nitrogens is 2. The second kappa shape index (κ2) is 3.75. The maximum absolute atomic E-state index is 10.3. The van der Waals surface area contributed by atoms with Gasteiger partial charge in [0.05, 0.1) is 0 Å². The molecule has 1 N–H and O–H groups in total. The molecule has 0 bridgehead atoms. The second-order valence-electron chi connectivity index (χ2n) is 3.46. The third-order valence-corrected chi connectivity index (χ3v) is 2.19. The first-order chi connectivity index (χ1) is 6.75. The van der Waals surface area contributed by atoms with Crippen LogP contribution in [0.2, 0.25) is 0 Å². The molecule has 0 atom stereocenters. The number of nitrogens with one attached hydrogen (secondary N) is 1. The first-order valence-electron chi connectivity index (χ1n) is 4.65. The maximum Gasteiger partial charge on any atom is 0.381 e. The molecule has 76 valence electrons. The Labute approximate surface area is 81.1 Å². The van der Waals surface area contributed by atoms with E-state index in [-0.39, 0.29) is 5.82 Å². The third-order valence-electron chi connectivity index (χ3n) is 2.19. The van der Waals surface area contributed by atoms with Crippen molar-refractivity contribution in [2.24, 2.45) is 0 Å². The van der Waals surface area contributed by atoms with E-state index in [4.69, 9.17) is 0 Å². The zero-order valence-corrected chi connectivity index (χ0v) is 7.72. The molecule has 0 spiro atoms. The lowest BCUT2D eigenvalue weighted by Gasteiger charge is -2.01. The molecule has 1 saturated carbocycles. The van der Waals surface area contributed by atoms with E-state index < -0.39 is 4.92 Å². The highest BCUT2D eigenvalue weighted by Gasteiger charge is 2.19. The van der Waals surface area contributed by atoms with Gasteiger partial charge in [-0.1, -0.05) is 0 Å². The molecule has 1 heterocycles. The number of nitro groups is 1. The summed E-state index contributed by atoms with van der Waals surface area (Å²) in [6, 6.07) is 0.675. The van der Waals surface area contributed by atoms with Gasteiger partial charge < -0.3 is 20.0 Å². The lowest BCUT2D eigenvalue weighted by molar-refractivity contribution is -0.389. The van der Waals surface area contributed by atoms with Crippen molar-refractivity contribution in [3.05, 3.63) is 22.6 Å². The van der Waals surface area contributed by atoms with Crippen molar-refractivity contribution in [1.82, 2.24) is 14.9 Å². The van der Waals surface area contributed by atoms with Crippen LogP contribution in [0.25, 0.3) is 0 Å². The molecule has 0 radical (unpaired) electrons. The van der Waals surface area contributed by atoms with Gasteiger partial charge in [0.25, 0.3) is 0 Å². The number of imidazole rings is 1. The summed E-state index contributed by atoms with van der Waals surface area (Å²) in [6.07, 6.45) is 5.45. The molecule has 2 rings (SSSR count). The Kier molecular flexibility index (Phi) is 2.45. The zero-order valence-electron chi connectivity index (χ0n) is 7.72. The fourth-order valence-electron chi connectivity index (χ4n) is 1.25. The van der Waals surface area contributed by atoms with Crippen LogP contribution in [0.1, 0.15) is 12.8 Å². The molecule has 0 aromatic carbocycles. The summed E-state index contributed by atoms with van der Waals surface area (Å²) >= 11 is 0. The van der Waals surface area contributed by atoms with E-state index in [2.05, 4.69) is 10.3 Å². The van der Waals surface area contributed by atoms with E-state index in [9.17, 15) is 10.1 Å². The fourth-order valence-corrected chi connectivity index (χ4v) is 1.25. The third kappa shape index (κ3) is 2.29. The predicted molar refractivity (Wildman–Crippen MR) is 49.9 cm³/mol. The number of hydrogen-bond donors (Lipinski definition) is 1. The molecule has 6 heteroatoms. The largest absolute Gasteiger partial charge is 0.381 e. The highest BCUT2D eigenvalue weighted by atomic mass is 16.6. The first-order valence-corrected chi connectivity index (χ1v) is 4.65. The molecular weight excluding hydrogens is 184 g/mol. The first kappa shape index (κ1) is 9.14. The molecule has 0 unspecified atom stereocenters. The van der Waals surface area contributed by atoms with Crippen LogP contribution in [0.4, 0.5) is 5.82 Å². The standard InChI is InChI=1S/C8H12N4O2/c13-12(14)8-5-11(6-10-8)4-3-9-7-1-2-7/h5-7,9H,1-4H2. The fraction of sp³-hybridized carbons (Fsp3) is 0.625. The Morgan fingerprint density at radius 2 is 2.50 bits per heavy atom. The van der Waals surface area contributed by atoms with Gasteiger partial charge in [-0.2, -0.15) is 0 Å². The molecule has 1 aliphatic rings. The monoisotopic (exact) mass is 196 g/mol. The Balaban J connectivity index is 1.79. The summed E-state index contributed by atoms with van der Waals surface area (Å²) < 4.78 is 1.73. The Hall–Kier alpha value is -1.43. The summed E-state index contributed by atoms with van der Waals surface area (Å²) in [7, 11) is 0. The molecule has 6 nitrogen and oxygen atoms in total. The van der Waals surface area contributed by atoms with Gasteiger partial charge in [0.1, 0.15) is 6.20 Å². The van der Waals surface area contributed by atoms with Gasteiger partial charge in [-0.25, -0.2) is 0 Å².